The Balaban J connectivity index is 1.26. The van der Waals surface area contributed by atoms with Gasteiger partial charge in [-0.05, 0) is 52.5 Å². The molecule has 1 aliphatic carbocycles. The largest absolute Gasteiger partial charge is 0.449 e. The van der Waals surface area contributed by atoms with Crippen molar-refractivity contribution in [2.75, 3.05) is 30.1 Å². The molecule has 0 unspecified atom stereocenters. The summed E-state index contributed by atoms with van der Waals surface area (Å²) in [6, 6.07) is 24.8. The molecule has 1 fully saturated rings. The van der Waals surface area contributed by atoms with Gasteiger partial charge < -0.3 is 20.3 Å². The molecule has 1 heterocycles. The number of carbonyl (C=O) groups excluding carboxylic acids is 3. The van der Waals surface area contributed by atoms with Gasteiger partial charge in [0.1, 0.15) is 18.2 Å². The van der Waals surface area contributed by atoms with Crippen LogP contribution in [0.15, 0.2) is 78.9 Å². The SMILES string of the molecule is CC(C)[C@H](NC(=O)OCC1c2ccccc2-c2ccccc21)C(=O)N[C@]1(C(=O)N(C)c2ccccc2)CCSC1. The number of hydrogen-bond donors (Lipinski definition) is 2. The van der Waals surface area contributed by atoms with Crippen LogP contribution < -0.4 is 15.5 Å². The van der Waals surface area contributed by atoms with E-state index in [1.54, 1.807) is 23.7 Å². The van der Waals surface area contributed by atoms with Gasteiger partial charge in [-0.15, -0.1) is 0 Å². The normalized spacial score (nSPS) is 18.5. The highest BCUT2D eigenvalue weighted by Crippen LogP contribution is 2.44. The molecule has 5 rings (SSSR count). The Labute approximate surface area is 239 Å². The van der Waals surface area contributed by atoms with E-state index in [0.29, 0.717) is 12.2 Å². The average molecular weight is 558 g/mol. The molecule has 0 radical (unpaired) electrons. The highest BCUT2D eigenvalue weighted by molar-refractivity contribution is 7.99. The number of alkyl carbamates (subject to hydrolysis) is 1. The molecule has 2 atom stereocenters. The summed E-state index contributed by atoms with van der Waals surface area (Å²) in [4.78, 5) is 41.8. The lowest BCUT2D eigenvalue weighted by atomic mass is 9.94. The number of likely N-dealkylation sites (N-methyl/N-ethyl adjacent to an activating group) is 1. The minimum Gasteiger partial charge on any atom is -0.449 e. The lowest BCUT2D eigenvalue weighted by molar-refractivity contribution is -0.132. The molecule has 208 valence electrons. The molecule has 40 heavy (non-hydrogen) atoms. The van der Waals surface area contributed by atoms with Crippen LogP contribution in [0, 0.1) is 5.92 Å². The second kappa shape index (κ2) is 11.8. The van der Waals surface area contributed by atoms with Gasteiger partial charge in [0.05, 0.1) is 0 Å². The fourth-order valence-electron chi connectivity index (χ4n) is 5.59. The van der Waals surface area contributed by atoms with Crippen LogP contribution in [0.3, 0.4) is 0 Å². The van der Waals surface area contributed by atoms with Crippen molar-refractivity contribution in [1.82, 2.24) is 10.6 Å². The molecule has 2 N–H and O–H groups in total. The maximum Gasteiger partial charge on any atom is 0.407 e. The quantitative estimate of drug-likeness (QED) is 0.397. The standard InChI is InChI=1S/C32H35N3O4S/c1-21(2)28(29(36)34-32(17-18-40-20-32)30(37)35(3)22-11-5-4-6-12-22)33-31(38)39-19-27-25-15-9-7-13-23(25)24-14-8-10-16-26(24)27/h4-16,21,27-28H,17-20H2,1-3H3,(H,33,38)(H,34,36)/t28-,32+/m0/s1. The van der Waals surface area contributed by atoms with Gasteiger partial charge in [0, 0.05) is 24.4 Å². The number of nitrogens with one attached hydrogen (secondary N) is 2. The Morgan fingerprint density at radius 2 is 1.55 bits per heavy atom. The van der Waals surface area contributed by atoms with Crippen molar-refractivity contribution in [3.63, 3.8) is 0 Å². The zero-order valence-corrected chi connectivity index (χ0v) is 23.9. The Hall–Kier alpha value is -3.78. The molecule has 8 heteroatoms. The Kier molecular flexibility index (Phi) is 8.17. The second-order valence-corrected chi connectivity index (χ2v) is 11.9. The van der Waals surface area contributed by atoms with Crippen LogP contribution in [-0.4, -0.2) is 54.6 Å². The van der Waals surface area contributed by atoms with Crippen molar-refractivity contribution in [3.05, 3.63) is 90.0 Å². The summed E-state index contributed by atoms with van der Waals surface area (Å²) >= 11 is 1.63. The van der Waals surface area contributed by atoms with E-state index in [1.165, 1.54) is 0 Å². The van der Waals surface area contributed by atoms with Gasteiger partial charge in [0.15, 0.2) is 0 Å². The van der Waals surface area contributed by atoms with Crippen LogP contribution in [0.25, 0.3) is 11.1 Å². The number of amides is 3. The molecule has 3 aromatic rings. The molecule has 1 saturated heterocycles. The molecule has 1 aliphatic heterocycles. The third-order valence-corrected chi connectivity index (χ3v) is 9.00. The number of para-hydroxylation sites is 1. The van der Waals surface area contributed by atoms with Crippen molar-refractivity contribution in [2.45, 2.75) is 37.8 Å². The highest BCUT2D eigenvalue weighted by atomic mass is 32.2. The van der Waals surface area contributed by atoms with Crippen molar-refractivity contribution < 1.29 is 19.1 Å². The molecule has 7 nitrogen and oxygen atoms in total. The molecule has 2 aliphatic rings. The average Bonchev–Trinajstić information content (AvgIpc) is 3.57. The van der Waals surface area contributed by atoms with Crippen LogP contribution in [0.4, 0.5) is 10.5 Å². The fourth-order valence-corrected chi connectivity index (χ4v) is 6.92. The van der Waals surface area contributed by atoms with Crippen LogP contribution >= 0.6 is 11.8 Å². The lowest BCUT2D eigenvalue weighted by Crippen LogP contribution is -2.63. The van der Waals surface area contributed by atoms with Gasteiger partial charge in [-0.1, -0.05) is 80.6 Å². The van der Waals surface area contributed by atoms with E-state index in [2.05, 4.69) is 34.9 Å². The summed E-state index contributed by atoms with van der Waals surface area (Å²) in [5, 5.41) is 5.81. The minimum absolute atomic E-state index is 0.0746. The first-order valence-electron chi connectivity index (χ1n) is 13.7. The summed E-state index contributed by atoms with van der Waals surface area (Å²) in [6.45, 7) is 3.89. The van der Waals surface area contributed by atoms with Crippen LogP contribution in [0.5, 0.6) is 0 Å². The number of anilines is 1. The molecule has 0 bridgehead atoms. The second-order valence-electron chi connectivity index (χ2n) is 10.8. The van der Waals surface area contributed by atoms with Crippen LogP contribution in [0.1, 0.15) is 37.3 Å². The zero-order valence-electron chi connectivity index (χ0n) is 23.1. The van der Waals surface area contributed by atoms with Gasteiger partial charge in [0.25, 0.3) is 5.91 Å². The first kappa shape index (κ1) is 27.8. The number of thioether (sulfide) groups is 1. The molecule has 0 saturated carbocycles. The Morgan fingerprint density at radius 3 is 2.12 bits per heavy atom. The number of nitrogens with zero attached hydrogens (tertiary/aromatic N) is 1. The summed E-state index contributed by atoms with van der Waals surface area (Å²) in [5.41, 5.74) is 4.26. The minimum atomic E-state index is -1.04. The van der Waals surface area contributed by atoms with E-state index >= 15 is 0 Å². The smallest absolute Gasteiger partial charge is 0.407 e. The number of benzene rings is 3. The van der Waals surface area contributed by atoms with Gasteiger partial charge in [0.2, 0.25) is 5.91 Å². The third-order valence-electron chi connectivity index (χ3n) is 7.81. The van der Waals surface area contributed by atoms with Crippen LogP contribution in [0.2, 0.25) is 0 Å². The summed E-state index contributed by atoms with van der Waals surface area (Å²) in [6.07, 6.45) is -0.131. The number of ether oxygens (including phenoxy) is 1. The third kappa shape index (κ3) is 5.45. The van der Waals surface area contributed by atoms with Crippen molar-refractivity contribution in [1.29, 1.82) is 0 Å². The first-order valence-corrected chi connectivity index (χ1v) is 14.8. The predicted octanol–water partition coefficient (Wildman–Crippen LogP) is 5.20. The van der Waals surface area contributed by atoms with E-state index < -0.39 is 17.7 Å². The summed E-state index contributed by atoms with van der Waals surface area (Å²) in [5.74, 6) is 0.398. The van der Waals surface area contributed by atoms with E-state index in [4.69, 9.17) is 4.74 Å². The molecule has 0 aromatic heterocycles. The molecule has 3 aromatic carbocycles. The van der Waals surface area contributed by atoms with Crippen molar-refractivity contribution >= 4 is 35.4 Å². The molecular formula is C32H35N3O4S. The number of hydrogen-bond acceptors (Lipinski definition) is 5. The van der Waals surface area contributed by atoms with E-state index in [0.717, 1.165) is 33.7 Å². The zero-order chi connectivity index (χ0) is 28.3. The van der Waals surface area contributed by atoms with Gasteiger partial charge in [-0.3, -0.25) is 9.59 Å². The molecule has 3 amide bonds. The summed E-state index contributed by atoms with van der Waals surface area (Å²) in [7, 11) is 1.73. The summed E-state index contributed by atoms with van der Waals surface area (Å²) < 4.78 is 5.70. The Bertz CT molecular complexity index is 1340. The number of rotatable bonds is 8. The van der Waals surface area contributed by atoms with Gasteiger partial charge >= 0.3 is 6.09 Å². The Morgan fingerprint density at radius 1 is 0.950 bits per heavy atom. The number of fused-ring (bicyclic) bond motifs is 3. The van der Waals surface area contributed by atoms with Gasteiger partial charge in [-0.2, -0.15) is 11.8 Å². The van der Waals surface area contributed by atoms with Gasteiger partial charge in [-0.25, -0.2) is 4.79 Å². The highest BCUT2D eigenvalue weighted by Gasteiger charge is 2.46. The topological polar surface area (TPSA) is 87.7 Å². The first-order chi connectivity index (χ1) is 19.3. The maximum atomic E-state index is 13.7. The molecule has 0 spiro atoms. The number of carbonyl (C=O) groups is 3. The monoisotopic (exact) mass is 557 g/mol. The van der Waals surface area contributed by atoms with Crippen LogP contribution in [-0.2, 0) is 14.3 Å². The fraction of sp³-hybridized carbons (Fsp3) is 0.344. The van der Waals surface area contributed by atoms with E-state index in [1.807, 2.05) is 68.4 Å². The molecular weight excluding hydrogens is 522 g/mol. The maximum absolute atomic E-state index is 13.7. The van der Waals surface area contributed by atoms with E-state index in [-0.39, 0.29) is 30.3 Å². The van der Waals surface area contributed by atoms with E-state index in [9.17, 15) is 14.4 Å². The lowest BCUT2D eigenvalue weighted by Gasteiger charge is -2.34. The predicted molar refractivity (Wildman–Crippen MR) is 159 cm³/mol. The van der Waals surface area contributed by atoms with Crippen molar-refractivity contribution in [3.8, 4) is 11.1 Å². The van der Waals surface area contributed by atoms with Crippen molar-refractivity contribution in [2.24, 2.45) is 5.92 Å².